The first-order valence-electron chi connectivity index (χ1n) is 7.27. The van der Waals surface area contributed by atoms with Gasteiger partial charge in [0.2, 0.25) is 5.91 Å². The minimum absolute atomic E-state index is 0.0101. The first-order chi connectivity index (χ1) is 8.61. The second-order valence-electron chi connectivity index (χ2n) is 5.50. The van der Waals surface area contributed by atoms with Crippen LogP contribution in [0.25, 0.3) is 0 Å². The molecule has 4 heteroatoms. The van der Waals surface area contributed by atoms with Crippen molar-refractivity contribution in [1.82, 2.24) is 4.90 Å². The van der Waals surface area contributed by atoms with Gasteiger partial charge in [0.05, 0.1) is 12.5 Å². The van der Waals surface area contributed by atoms with Crippen LogP contribution in [0.1, 0.15) is 46.0 Å². The molecule has 1 rings (SSSR count). The molecule has 1 fully saturated rings. The van der Waals surface area contributed by atoms with E-state index in [0.29, 0.717) is 12.5 Å². The Balaban J connectivity index is 2.67. The monoisotopic (exact) mass is 256 g/mol. The molecule has 0 aliphatic heterocycles. The van der Waals surface area contributed by atoms with Gasteiger partial charge in [0.25, 0.3) is 0 Å². The van der Waals surface area contributed by atoms with Crippen molar-refractivity contribution in [3.8, 4) is 0 Å². The second-order valence-corrected chi connectivity index (χ2v) is 5.50. The fourth-order valence-electron chi connectivity index (χ4n) is 2.90. The third kappa shape index (κ3) is 3.95. The Hall–Kier alpha value is -0.610. The highest BCUT2D eigenvalue weighted by atomic mass is 16.3. The van der Waals surface area contributed by atoms with Crippen LogP contribution in [-0.2, 0) is 4.79 Å². The molecule has 0 heterocycles. The lowest BCUT2D eigenvalue weighted by Crippen LogP contribution is -2.49. The van der Waals surface area contributed by atoms with Crippen LogP contribution in [0.3, 0.4) is 0 Å². The van der Waals surface area contributed by atoms with E-state index in [1.54, 1.807) is 4.90 Å². The number of aliphatic hydroxyl groups is 1. The Morgan fingerprint density at radius 2 is 2.11 bits per heavy atom. The van der Waals surface area contributed by atoms with Gasteiger partial charge in [0, 0.05) is 19.1 Å². The van der Waals surface area contributed by atoms with E-state index in [0.717, 1.165) is 38.6 Å². The Labute approximate surface area is 111 Å². The van der Waals surface area contributed by atoms with Gasteiger partial charge in [-0.2, -0.15) is 0 Å². The predicted molar refractivity (Wildman–Crippen MR) is 73.1 cm³/mol. The number of carbonyl (C=O) groups excluding carboxylic acids is 1. The quantitative estimate of drug-likeness (QED) is 0.754. The van der Waals surface area contributed by atoms with Crippen molar-refractivity contribution in [2.75, 3.05) is 19.7 Å². The van der Waals surface area contributed by atoms with Crippen LogP contribution in [0, 0.1) is 11.8 Å². The van der Waals surface area contributed by atoms with Crippen LogP contribution >= 0.6 is 0 Å². The van der Waals surface area contributed by atoms with Crippen LogP contribution in [0.15, 0.2) is 0 Å². The molecule has 1 saturated carbocycles. The number of nitrogens with zero attached hydrogens (tertiary/aromatic N) is 1. The highest BCUT2D eigenvalue weighted by Crippen LogP contribution is 2.30. The highest BCUT2D eigenvalue weighted by molar-refractivity contribution is 5.80. The Bertz CT molecular complexity index is 248. The molecule has 106 valence electrons. The van der Waals surface area contributed by atoms with Gasteiger partial charge >= 0.3 is 0 Å². The molecule has 1 amide bonds. The van der Waals surface area contributed by atoms with E-state index in [2.05, 4.69) is 13.8 Å². The molecule has 0 aromatic carbocycles. The zero-order valence-electron chi connectivity index (χ0n) is 11.8. The number of unbranched alkanes of at least 4 members (excludes halogenated alkanes) is 1. The average molecular weight is 256 g/mol. The molecule has 3 unspecified atom stereocenters. The van der Waals surface area contributed by atoms with Crippen LogP contribution in [0.2, 0.25) is 0 Å². The largest absolute Gasteiger partial charge is 0.395 e. The van der Waals surface area contributed by atoms with E-state index >= 15 is 0 Å². The molecular formula is C14H28N2O2. The van der Waals surface area contributed by atoms with Crippen molar-refractivity contribution < 1.29 is 9.90 Å². The van der Waals surface area contributed by atoms with Crippen molar-refractivity contribution in [2.24, 2.45) is 17.6 Å². The number of amides is 1. The van der Waals surface area contributed by atoms with Crippen molar-refractivity contribution in [2.45, 2.75) is 52.0 Å². The van der Waals surface area contributed by atoms with E-state index in [1.165, 1.54) is 0 Å². The summed E-state index contributed by atoms with van der Waals surface area (Å²) in [5.41, 5.74) is 6.12. The molecule has 0 spiro atoms. The Morgan fingerprint density at radius 1 is 1.39 bits per heavy atom. The molecular weight excluding hydrogens is 228 g/mol. The molecule has 4 nitrogen and oxygen atoms in total. The standard InChI is InChI=1S/C14H28N2O2/c1-3-4-8-16(9-10-17)14(18)13-11(2)6-5-7-12(13)15/h11-13,17H,3-10,15H2,1-2H3. The van der Waals surface area contributed by atoms with Gasteiger partial charge < -0.3 is 15.7 Å². The fourth-order valence-corrected chi connectivity index (χ4v) is 2.90. The smallest absolute Gasteiger partial charge is 0.227 e. The maximum atomic E-state index is 12.5. The summed E-state index contributed by atoms with van der Waals surface area (Å²) >= 11 is 0. The predicted octanol–water partition coefficient (Wildman–Crippen LogP) is 1.37. The van der Waals surface area contributed by atoms with Gasteiger partial charge in [-0.1, -0.05) is 26.7 Å². The maximum absolute atomic E-state index is 12.5. The summed E-state index contributed by atoms with van der Waals surface area (Å²) in [6.07, 6.45) is 5.21. The van der Waals surface area contributed by atoms with Crippen LogP contribution in [-0.4, -0.2) is 41.7 Å². The molecule has 0 aromatic rings. The molecule has 3 N–H and O–H groups in total. The first kappa shape index (κ1) is 15.4. The fraction of sp³-hybridized carbons (Fsp3) is 0.929. The van der Waals surface area contributed by atoms with Crippen molar-refractivity contribution in [1.29, 1.82) is 0 Å². The molecule has 3 atom stereocenters. The minimum atomic E-state index is -0.0536. The highest BCUT2D eigenvalue weighted by Gasteiger charge is 2.36. The van der Waals surface area contributed by atoms with E-state index < -0.39 is 0 Å². The number of hydrogen-bond acceptors (Lipinski definition) is 3. The normalized spacial score (nSPS) is 28.1. The van der Waals surface area contributed by atoms with Crippen molar-refractivity contribution in [3.05, 3.63) is 0 Å². The third-order valence-electron chi connectivity index (χ3n) is 4.02. The molecule has 0 saturated heterocycles. The summed E-state index contributed by atoms with van der Waals surface area (Å²) in [5.74, 6) is 0.462. The number of carbonyl (C=O) groups is 1. The van der Waals surface area contributed by atoms with E-state index in [9.17, 15) is 4.79 Å². The molecule has 0 radical (unpaired) electrons. The topological polar surface area (TPSA) is 66.6 Å². The number of hydrogen-bond donors (Lipinski definition) is 2. The van der Waals surface area contributed by atoms with Crippen LogP contribution < -0.4 is 5.73 Å². The summed E-state index contributed by atoms with van der Waals surface area (Å²) in [6, 6.07) is -0.0101. The number of aliphatic hydroxyl groups excluding tert-OH is 1. The molecule has 0 aromatic heterocycles. The Morgan fingerprint density at radius 3 is 2.67 bits per heavy atom. The van der Waals surface area contributed by atoms with E-state index in [-0.39, 0.29) is 24.5 Å². The maximum Gasteiger partial charge on any atom is 0.227 e. The zero-order chi connectivity index (χ0) is 13.5. The third-order valence-corrected chi connectivity index (χ3v) is 4.02. The lowest BCUT2D eigenvalue weighted by Gasteiger charge is -2.36. The zero-order valence-corrected chi connectivity index (χ0v) is 11.8. The van der Waals surface area contributed by atoms with Gasteiger partial charge in [-0.15, -0.1) is 0 Å². The van der Waals surface area contributed by atoms with Gasteiger partial charge in [0.1, 0.15) is 0 Å². The SMILES string of the molecule is CCCCN(CCO)C(=O)C1C(C)CCCC1N. The van der Waals surface area contributed by atoms with E-state index in [1.807, 2.05) is 0 Å². The average Bonchev–Trinajstić information content (AvgIpc) is 2.34. The van der Waals surface area contributed by atoms with Crippen LogP contribution in [0.5, 0.6) is 0 Å². The van der Waals surface area contributed by atoms with Crippen LogP contribution in [0.4, 0.5) is 0 Å². The molecule has 1 aliphatic rings. The minimum Gasteiger partial charge on any atom is -0.395 e. The number of nitrogens with two attached hydrogens (primary N) is 1. The van der Waals surface area contributed by atoms with Crippen molar-refractivity contribution >= 4 is 5.91 Å². The summed E-state index contributed by atoms with van der Waals surface area (Å²) in [5, 5.41) is 9.09. The van der Waals surface area contributed by atoms with Gasteiger partial charge in [-0.3, -0.25) is 4.79 Å². The summed E-state index contributed by atoms with van der Waals surface area (Å²) in [6.45, 7) is 5.45. The van der Waals surface area contributed by atoms with Gasteiger partial charge in [-0.25, -0.2) is 0 Å². The molecule has 18 heavy (non-hydrogen) atoms. The number of rotatable bonds is 6. The first-order valence-corrected chi connectivity index (χ1v) is 7.27. The molecule has 1 aliphatic carbocycles. The summed E-state index contributed by atoms with van der Waals surface area (Å²) < 4.78 is 0. The van der Waals surface area contributed by atoms with E-state index in [4.69, 9.17) is 10.8 Å². The Kier molecular flexibility index (Phi) is 6.65. The van der Waals surface area contributed by atoms with Crippen molar-refractivity contribution in [3.63, 3.8) is 0 Å². The summed E-state index contributed by atoms with van der Waals surface area (Å²) in [7, 11) is 0. The summed E-state index contributed by atoms with van der Waals surface area (Å²) in [4.78, 5) is 14.4. The van der Waals surface area contributed by atoms with Gasteiger partial charge in [0.15, 0.2) is 0 Å². The lowest BCUT2D eigenvalue weighted by molar-refractivity contribution is -0.139. The lowest BCUT2D eigenvalue weighted by atomic mass is 9.76. The molecule has 0 bridgehead atoms. The second kappa shape index (κ2) is 7.74. The van der Waals surface area contributed by atoms with Gasteiger partial charge in [-0.05, 0) is 25.2 Å².